The molecule has 1 aliphatic rings. The Balaban J connectivity index is 1.52. The van der Waals surface area contributed by atoms with Crippen LogP contribution in [0.4, 0.5) is 8.78 Å². The van der Waals surface area contributed by atoms with E-state index in [1.165, 1.54) is 17.7 Å². The van der Waals surface area contributed by atoms with E-state index in [2.05, 4.69) is 19.7 Å². The summed E-state index contributed by atoms with van der Waals surface area (Å²) in [6.07, 6.45) is 1.28. The zero-order chi connectivity index (χ0) is 20.5. The highest BCUT2D eigenvalue weighted by atomic mass is 19.3. The standard InChI is InChI=1S/C20H22F2N4O3/c1-12-9-18-23-15-6-8-25(7-5-14(15)19(27)26(18)24-12)11-13-3-4-16(29-20(21)22)17(10-13)28-2/h3-4,9-10,20,24H,5-8,11H2,1-2H3. The summed E-state index contributed by atoms with van der Waals surface area (Å²) in [7, 11) is 1.42. The number of methoxy groups -OCH3 is 1. The molecule has 7 nitrogen and oxygen atoms in total. The maximum Gasteiger partial charge on any atom is 0.387 e. The normalized spacial score (nSPS) is 14.8. The van der Waals surface area contributed by atoms with Crippen LogP contribution in [0.15, 0.2) is 29.1 Å². The van der Waals surface area contributed by atoms with Gasteiger partial charge >= 0.3 is 6.61 Å². The number of hydrogen-bond acceptors (Lipinski definition) is 5. The second kappa shape index (κ2) is 7.82. The van der Waals surface area contributed by atoms with Crippen molar-refractivity contribution in [2.45, 2.75) is 32.9 Å². The van der Waals surface area contributed by atoms with Crippen molar-refractivity contribution < 1.29 is 18.3 Å². The van der Waals surface area contributed by atoms with Gasteiger partial charge in [-0.1, -0.05) is 6.07 Å². The van der Waals surface area contributed by atoms with Crippen LogP contribution in [0, 0.1) is 6.92 Å². The van der Waals surface area contributed by atoms with Crippen molar-refractivity contribution in [2.24, 2.45) is 0 Å². The summed E-state index contributed by atoms with van der Waals surface area (Å²) in [4.78, 5) is 19.7. The Labute approximate surface area is 165 Å². The van der Waals surface area contributed by atoms with Gasteiger partial charge in [-0.2, -0.15) is 8.78 Å². The van der Waals surface area contributed by atoms with E-state index in [-0.39, 0.29) is 17.1 Å². The van der Waals surface area contributed by atoms with Crippen LogP contribution in [0.1, 0.15) is 22.5 Å². The monoisotopic (exact) mass is 404 g/mol. The Hall–Kier alpha value is -2.94. The van der Waals surface area contributed by atoms with Crippen LogP contribution < -0.4 is 15.0 Å². The first-order chi connectivity index (χ1) is 13.9. The lowest BCUT2D eigenvalue weighted by Gasteiger charge is -2.20. The van der Waals surface area contributed by atoms with Crippen molar-refractivity contribution >= 4 is 5.65 Å². The number of fused-ring (bicyclic) bond motifs is 2. The van der Waals surface area contributed by atoms with Gasteiger partial charge in [0, 0.05) is 43.4 Å². The maximum absolute atomic E-state index is 12.8. The molecule has 0 atom stereocenters. The predicted molar refractivity (Wildman–Crippen MR) is 103 cm³/mol. The summed E-state index contributed by atoms with van der Waals surface area (Å²) < 4.78 is 36.1. The molecule has 4 rings (SSSR count). The molecule has 3 heterocycles. The van der Waals surface area contributed by atoms with Crippen molar-refractivity contribution in [1.29, 1.82) is 0 Å². The lowest BCUT2D eigenvalue weighted by atomic mass is 10.1. The van der Waals surface area contributed by atoms with Crippen molar-refractivity contribution in [2.75, 3.05) is 20.2 Å². The zero-order valence-electron chi connectivity index (χ0n) is 16.2. The van der Waals surface area contributed by atoms with E-state index in [1.807, 2.05) is 13.0 Å². The van der Waals surface area contributed by atoms with Gasteiger partial charge < -0.3 is 9.47 Å². The molecule has 0 unspecified atom stereocenters. The average Bonchev–Trinajstić information content (AvgIpc) is 2.94. The van der Waals surface area contributed by atoms with Crippen molar-refractivity contribution in [1.82, 2.24) is 19.5 Å². The number of halogens is 2. The molecule has 1 aromatic carbocycles. The molecule has 0 radical (unpaired) electrons. The molecule has 3 aromatic rings. The number of rotatable bonds is 5. The minimum absolute atomic E-state index is 0.0112. The number of nitrogens with one attached hydrogen (secondary N) is 1. The summed E-state index contributed by atoms with van der Waals surface area (Å²) >= 11 is 0. The van der Waals surface area contributed by atoms with Crippen LogP contribution in [0.25, 0.3) is 5.65 Å². The molecule has 1 aliphatic heterocycles. The van der Waals surface area contributed by atoms with Gasteiger partial charge in [0.25, 0.3) is 5.56 Å². The molecular weight excluding hydrogens is 382 g/mol. The van der Waals surface area contributed by atoms with Gasteiger partial charge in [0.2, 0.25) is 0 Å². The zero-order valence-corrected chi connectivity index (χ0v) is 16.2. The second-order valence-corrected chi connectivity index (χ2v) is 7.11. The molecule has 1 N–H and O–H groups in total. The lowest BCUT2D eigenvalue weighted by molar-refractivity contribution is -0.0512. The molecule has 0 saturated carbocycles. The largest absolute Gasteiger partial charge is 0.493 e. The second-order valence-electron chi connectivity index (χ2n) is 7.11. The molecule has 0 amide bonds. The minimum Gasteiger partial charge on any atom is -0.493 e. The fourth-order valence-corrected chi connectivity index (χ4v) is 3.75. The van der Waals surface area contributed by atoms with E-state index in [4.69, 9.17) is 4.74 Å². The van der Waals surface area contributed by atoms with Gasteiger partial charge in [0.05, 0.1) is 12.8 Å². The molecule has 0 bridgehead atoms. The number of nitrogens with zero attached hydrogens (tertiary/aromatic N) is 3. The summed E-state index contributed by atoms with van der Waals surface area (Å²) in [6, 6.07) is 6.80. The highest BCUT2D eigenvalue weighted by Crippen LogP contribution is 2.30. The smallest absolute Gasteiger partial charge is 0.387 e. The number of aromatic nitrogens is 3. The van der Waals surface area contributed by atoms with Gasteiger partial charge in [0.1, 0.15) is 0 Å². The molecule has 29 heavy (non-hydrogen) atoms. The van der Waals surface area contributed by atoms with E-state index in [9.17, 15) is 13.6 Å². The first-order valence-corrected chi connectivity index (χ1v) is 9.39. The number of ether oxygens (including phenoxy) is 2. The molecule has 0 saturated heterocycles. The third-order valence-corrected chi connectivity index (χ3v) is 5.12. The van der Waals surface area contributed by atoms with Crippen LogP contribution >= 0.6 is 0 Å². The summed E-state index contributed by atoms with van der Waals surface area (Å²) in [5, 5.41) is 3.03. The number of aryl methyl sites for hydroxylation is 1. The molecule has 154 valence electrons. The fourth-order valence-electron chi connectivity index (χ4n) is 3.75. The van der Waals surface area contributed by atoms with E-state index in [0.717, 1.165) is 29.1 Å². The number of aromatic amines is 1. The number of H-pyrrole nitrogens is 1. The van der Waals surface area contributed by atoms with Crippen LogP contribution in [0.3, 0.4) is 0 Å². The molecule has 0 spiro atoms. The quantitative estimate of drug-likeness (QED) is 0.708. The number of alkyl halides is 2. The van der Waals surface area contributed by atoms with Gasteiger partial charge in [0.15, 0.2) is 17.1 Å². The number of hydrogen-bond donors (Lipinski definition) is 1. The Morgan fingerprint density at radius 1 is 1.21 bits per heavy atom. The first-order valence-electron chi connectivity index (χ1n) is 9.39. The van der Waals surface area contributed by atoms with E-state index < -0.39 is 6.61 Å². The summed E-state index contributed by atoms with van der Waals surface area (Å²) in [5.41, 5.74) is 3.99. The number of benzene rings is 1. The summed E-state index contributed by atoms with van der Waals surface area (Å²) in [6.45, 7) is 1.05. The van der Waals surface area contributed by atoms with Crippen molar-refractivity contribution in [3.05, 3.63) is 57.1 Å². The van der Waals surface area contributed by atoms with Crippen LogP contribution in [0.5, 0.6) is 11.5 Å². The van der Waals surface area contributed by atoms with Crippen LogP contribution in [-0.4, -0.2) is 46.3 Å². The predicted octanol–water partition coefficient (Wildman–Crippen LogP) is 2.54. The Morgan fingerprint density at radius 2 is 2.00 bits per heavy atom. The van der Waals surface area contributed by atoms with Crippen LogP contribution in [0.2, 0.25) is 0 Å². The third-order valence-electron chi connectivity index (χ3n) is 5.12. The van der Waals surface area contributed by atoms with E-state index in [0.29, 0.717) is 31.6 Å². The van der Waals surface area contributed by atoms with Crippen molar-refractivity contribution in [3.63, 3.8) is 0 Å². The fraction of sp³-hybridized carbons (Fsp3) is 0.400. The van der Waals surface area contributed by atoms with E-state index >= 15 is 0 Å². The molecule has 9 heteroatoms. The Bertz CT molecular complexity index is 1090. The van der Waals surface area contributed by atoms with Crippen molar-refractivity contribution in [3.8, 4) is 11.5 Å². The topological polar surface area (TPSA) is 71.9 Å². The van der Waals surface area contributed by atoms with Gasteiger partial charge in [-0.05, 0) is 31.0 Å². The maximum atomic E-state index is 12.8. The van der Waals surface area contributed by atoms with Gasteiger partial charge in [-0.3, -0.25) is 14.8 Å². The minimum atomic E-state index is -2.90. The Morgan fingerprint density at radius 3 is 2.76 bits per heavy atom. The highest BCUT2D eigenvalue weighted by Gasteiger charge is 2.20. The van der Waals surface area contributed by atoms with Gasteiger partial charge in [-0.25, -0.2) is 9.50 Å². The molecule has 0 fully saturated rings. The first kappa shape index (κ1) is 19.4. The van der Waals surface area contributed by atoms with E-state index in [1.54, 1.807) is 12.1 Å². The summed E-state index contributed by atoms with van der Waals surface area (Å²) in [5.74, 6) is 0.280. The highest BCUT2D eigenvalue weighted by molar-refractivity contribution is 5.43. The molecule has 2 aromatic heterocycles. The molecule has 0 aliphatic carbocycles. The van der Waals surface area contributed by atoms with Crippen LogP contribution in [-0.2, 0) is 19.4 Å². The average molecular weight is 404 g/mol. The SMILES string of the molecule is COc1cc(CN2CCc3nc4cc(C)[nH]n4c(=O)c3CC2)ccc1OC(F)F. The lowest BCUT2D eigenvalue weighted by Crippen LogP contribution is -2.26. The molecular formula is C20H22F2N4O3. The van der Waals surface area contributed by atoms with Gasteiger partial charge in [-0.15, -0.1) is 0 Å². The third kappa shape index (κ3) is 3.95. The Kier molecular flexibility index (Phi) is 5.23.